The van der Waals surface area contributed by atoms with Gasteiger partial charge in [-0.15, -0.1) is 0 Å². The lowest BCUT2D eigenvalue weighted by Crippen LogP contribution is -2.61. The van der Waals surface area contributed by atoms with Crippen LogP contribution in [0.25, 0.3) is 10.8 Å². The molecule has 0 radical (unpaired) electrons. The molecule has 0 amide bonds. The fraction of sp³-hybridized carbons (Fsp3) is 0.421. The van der Waals surface area contributed by atoms with Gasteiger partial charge in [0.15, 0.2) is 28.8 Å². The first kappa shape index (κ1) is 49.8. The van der Waals surface area contributed by atoms with Crippen molar-refractivity contribution in [3.8, 4) is 28.7 Å². The predicted octanol–water partition coefficient (Wildman–Crippen LogP) is 9.42. The van der Waals surface area contributed by atoms with Crippen LogP contribution in [-0.2, 0) is 48.9 Å². The number of carbonyl (C=O) groups excluding carboxylic acids is 1. The van der Waals surface area contributed by atoms with Gasteiger partial charge in [-0.25, -0.2) is 0 Å². The van der Waals surface area contributed by atoms with Crippen molar-refractivity contribution in [1.82, 2.24) is 10.3 Å². The van der Waals surface area contributed by atoms with Crippen LogP contribution < -0.4 is 14.8 Å². The summed E-state index contributed by atoms with van der Waals surface area (Å²) in [6, 6.07) is 26.2. The Morgan fingerprint density at radius 2 is 1.71 bits per heavy atom. The summed E-state index contributed by atoms with van der Waals surface area (Å²) in [4.78, 5) is 19.7. The molecule has 2 aliphatic carbocycles. The quantitative estimate of drug-likeness (QED) is 0.0545. The number of carbonyl (C=O) groups is 1. The van der Waals surface area contributed by atoms with E-state index in [1.807, 2.05) is 36.7 Å². The SMILES string of the molecule is CCc1ccc2cccc3c2c1Cc1c(ccc(O)c1OC)C[C@@H](Cc1cc[nH]c1)[C@H](O)[C@@H]1C(=O)[C@@](Cc2ccc(O)c(OC4CCCC4)c2)(c2cc(O)cc(CNC)c2)[C@@H](O)C[C@H]1CSS[C@H]3CO. The van der Waals surface area contributed by atoms with Crippen LogP contribution in [0.5, 0.6) is 28.7 Å². The van der Waals surface area contributed by atoms with E-state index >= 15 is 4.79 Å². The number of hydrogen-bond donors (Lipinski definition) is 8. The number of ketones is 1. The Labute approximate surface area is 418 Å². The van der Waals surface area contributed by atoms with Gasteiger partial charge in [-0.1, -0.05) is 77.0 Å². The minimum absolute atomic E-state index is 0.00308. The molecule has 2 heterocycles. The number of phenols is 3. The molecule has 7 atom stereocenters. The van der Waals surface area contributed by atoms with E-state index in [1.165, 1.54) is 10.8 Å². The number of aliphatic hydroxyl groups is 3. The molecule has 2 fully saturated rings. The van der Waals surface area contributed by atoms with E-state index in [1.54, 1.807) is 61.3 Å². The van der Waals surface area contributed by atoms with Gasteiger partial charge in [0.25, 0.3) is 0 Å². The number of methoxy groups -OCH3 is 1. The first-order valence-electron chi connectivity index (χ1n) is 24.7. The molecule has 3 aliphatic rings. The van der Waals surface area contributed by atoms with Crippen LogP contribution in [0.3, 0.4) is 0 Å². The maximum absolute atomic E-state index is 16.5. The number of aromatic nitrogens is 1. The van der Waals surface area contributed by atoms with Gasteiger partial charge in [-0.05, 0) is 168 Å². The molecule has 11 nitrogen and oxygen atoms in total. The second kappa shape index (κ2) is 21.7. The zero-order valence-corrected chi connectivity index (χ0v) is 41.8. The molecule has 2 saturated carbocycles. The minimum Gasteiger partial charge on any atom is -0.508 e. The summed E-state index contributed by atoms with van der Waals surface area (Å²) in [6.07, 6.45) is 7.11. The van der Waals surface area contributed by atoms with Gasteiger partial charge in [0, 0.05) is 42.6 Å². The van der Waals surface area contributed by atoms with E-state index in [0.29, 0.717) is 54.2 Å². The number of hydrogen-bond acceptors (Lipinski definition) is 12. The fourth-order valence-corrected chi connectivity index (χ4v) is 14.8. The zero-order chi connectivity index (χ0) is 49.1. The van der Waals surface area contributed by atoms with Gasteiger partial charge in [0.05, 0.1) is 42.7 Å². The highest BCUT2D eigenvalue weighted by molar-refractivity contribution is 8.76. The van der Waals surface area contributed by atoms with Gasteiger partial charge in [-0.2, -0.15) is 0 Å². The third-order valence-corrected chi connectivity index (χ3v) is 18.2. The van der Waals surface area contributed by atoms with Gasteiger partial charge in [-0.3, -0.25) is 4.79 Å². The molecule has 1 aromatic heterocycles. The van der Waals surface area contributed by atoms with Crippen molar-refractivity contribution in [3.63, 3.8) is 0 Å². The largest absolute Gasteiger partial charge is 0.508 e. The van der Waals surface area contributed by atoms with E-state index in [9.17, 15) is 30.6 Å². The van der Waals surface area contributed by atoms with Gasteiger partial charge in [0.2, 0.25) is 0 Å². The van der Waals surface area contributed by atoms with Crippen LogP contribution in [0.4, 0.5) is 0 Å². The van der Waals surface area contributed by atoms with Crippen molar-refractivity contribution in [2.24, 2.45) is 17.8 Å². The molecule has 6 aromatic rings. The van der Waals surface area contributed by atoms with Crippen LogP contribution >= 0.6 is 21.6 Å². The van der Waals surface area contributed by atoms with Crippen LogP contribution in [0.1, 0.15) is 94.3 Å². The maximum atomic E-state index is 16.5. The summed E-state index contributed by atoms with van der Waals surface area (Å²) in [5.41, 5.74) is 5.94. The highest BCUT2D eigenvalue weighted by Crippen LogP contribution is 2.52. The Hall–Kier alpha value is -5.15. The van der Waals surface area contributed by atoms with Crippen LogP contribution in [0.2, 0.25) is 0 Å². The molecule has 13 heteroatoms. The van der Waals surface area contributed by atoms with Crippen molar-refractivity contribution >= 4 is 38.1 Å². The van der Waals surface area contributed by atoms with Crippen molar-refractivity contribution in [2.75, 3.05) is 26.5 Å². The number of phenolic OH excluding ortho intramolecular Hbond substituents is 3. The fourth-order valence-electron chi connectivity index (χ4n) is 11.9. The normalized spacial score (nSPS) is 24.4. The summed E-state index contributed by atoms with van der Waals surface area (Å²) < 4.78 is 12.4. The average molecular weight is 987 g/mol. The Kier molecular flexibility index (Phi) is 15.4. The summed E-state index contributed by atoms with van der Waals surface area (Å²) >= 11 is 0. The second-order valence-corrected chi connectivity index (χ2v) is 22.3. The van der Waals surface area contributed by atoms with Crippen LogP contribution in [0, 0.1) is 17.8 Å². The van der Waals surface area contributed by atoms with Gasteiger partial charge in [0.1, 0.15) is 5.75 Å². The number of Topliss-reactive ketones (excluding diaryl/α,β-unsaturated/α-hetero) is 1. The first-order valence-corrected chi connectivity index (χ1v) is 27.1. The number of aryl methyl sites for hydroxylation is 1. The van der Waals surface area contributed by atoms with E-state index in [2.05, 4.69) is 41.5 Å². The third-order valence-electron chi connectivity index (χ3n) is 15.4. The molecule has 9 rings (SSSR count). The maximum Gasteiger partial charge on any atom is 0.164 e. The topological polar surface area (TPSA) is 185 Å². The summed E-state index contributed by atoms with van der Waals surface area (Å²) in [7, 11) is 6.43. The Bertz CT molecular complexity index is 2800. The Morgan fingerprint density at radius 3 is 2.46 bits per heavy atom. The molecule has 0 unspecified atom stereocenters. The standard InChI is InChI=1S/C57H66N2O9S2/c1-4-36-13-14-37-8-7-11-44-50(31-60)70-69-32-40-25-51(64)57(41-21-35(29-58-2)22-42(61)26-41,28-33-12-16-47(62)49(23-33)68-43-9-5-6-10-43)56(66)53(40)54(65)39(20-34-18-19-59-30-34)24-38-15-17-48(63)55(67-3)46(38)27-45(36)52(37)44/h7-8,11-19,21-23,26,30,39-40,43,50-51,53-54,58-65H,4-6,9-10,20,24-25,27-29,31-32H2,1-3H3/t39-,40+,50+,51+,53-,54+,57+/m1/s1. The van der Waals surface area contributed by atoms with Crippen molar-refractivity contribution < 1.29 is 44.9 Å². The van der Waals surface area contributed by atoms with Gasteiger partial charge < -0.3 is 50.4 Å². The molecule has 70 heavy (non-hydrogen) atoms. The lowest BCUT2D eigenvalue weighted by atomic mass is 9.55. The average Bonchev–Trinajstić information content (AvgIpc) is 4.08. The highest BCUT2D eigenvalue weighted by atomic mass is 33.1. The summed E-state index contributed by atoms with van der Waals surface area (Å²) in [5.74, 6) is -1.41. The molecular formula is C57H66N2O9S2. The second-order valence-electron chi connectivity index (χ2n) is 19.7. The monoisotopic (exact) mass is 986 g/mol. The molecule has 0 bridgehead atoms. The van der Waals surface area contributed by atoms with Crippen LogP contribution in [-0.4, -0.2) is 86.2 Å². The molecule has 0 spiro atoms. The molecular weight excluding hydrogens is 921 g/mol. The number of benzene rings is 5. The number of fused-ring (bicyclic) bond motifs is 2. The number of aromatic hydroxyl groups is 3. The molecule has 8 N–H and O–H groups in total. The number of ether oxygens (including phenoxy) is 2. The smallest absolute Gasteiger partial charge is 0.164 e. The lowest BCUT2D eigenvalue weighted by molar-refractivity contribution is -0.149. The lowest BCUT2D eigenvalue weighted by Gasteiger charge is -2.49. The highest BCUT2D eigenvalue weighted by Gasteiger charge is 2.58. The van der Waals surface area contributed by atoms with Gasteiger partial charge >= 0.3 is 0 Å². The predicted molar refractivity (Wildman–Crippen MR) is 278 cm³/mol. The number of aromatic amines is 1. The van der Waals surface area contributed by atoms with Crippen molar-refractivity contribution in [1.29, 1.82) is 0 Å². The van der Waals surface area contributed by atoms with Crippen molar-refractivity contribution in [2.45, 2.75) is 107 Å². The van der Waals surface area contributed by atoms with E-state index in [4.69, 9.17) is 9.47 Å². The summed E-state index contributed by atoms with van der Waals surface area (Å²) in [5, 5.41) is 76.4. The Morgan fingerprint density at radius 1 is 0.900 bits per heavy atom. The van der Waals surface area contributed by atoms with Crippen LogP contribution in [0.15, 0.2) is 97.3 Å². The number of nitrogens with one attached hydrogen (secondary N) is 2. The minimum atomic E-state index is -1.65. The van der Waals surface area contributed by atoms with E-state index < -0.39 is 35.4 Å². The molecule has 0 saturated heterocycles. The van der Waals surface area contributed by atoms with E-state index in [0.717, 1.165) is 81.8 Å². The zero-order valence-electron chi connectivity index (χ0n) is 40.2. The molecule has 5 aromatic carbocycles. The third kappa shape index (κ3) is 9.90. The summed E-state index contributed by atoms with van der Waals surface area (Å²) in [6.45, 7) is 2.37. The number of rotatable bonds is 12. The number of H-pyrrole nitrogens is 1. The first-order chi connectivity index (χ1) is 34.0. The van der Waals surface area contributed by atoms with E-state index in [-0.39, 0.29) is 53.8 Å². The van der Waals surface area contributed by atoms with Crippen molar-refractivity contribution in [3.05, 3.63) is 147 Å². The number of aliphatic hydroxyl groups excluding tert-OH is 3. The molecule has 1 aliphatic heterocycles. The molecule has 370 valence electrons. The Balaban J connectivity index is 1.23.